The Hall–Kier alpha value is -1.52. The Morgan fingerprint density at radius 1 is 1.59 bits per heavy atom. The number of aromatic nitrogens is 2. The maximum atomic E-state index is 11.3. The van der Waals surface area contributed by atoms with Crippen molar-refractivity contribution < 1.29 is 9.90 Å². The third-order valence-electron chi connectivity index (χ3n) is 3.54. The Labute approximate surface area is 101 Å². The van der Waals surface area contributed by atoms with Gasteiger partial charge in [0.25, 0.3) is 0 Å². The van der Waals surface area contributed by atoms with Gasteiger partial charge in [-0.3, -0.25) is 9.48 Å². The molecule has 2 atom stereocenters. The summed E-state index contributed by atoms with van der Waals surface area (Å²) in [6.07, 6.45) is 2.46. The third kappa shape index (κ3) is 2.01. The average Bonchev–Trinajstić information content (AvgIpc) is 2.82. The Balaban J connectivity index is 2.30. The predicted molar refractivity (Wildman–Crippen MR) is 64.9 cm³/mol. The minimum absolute atomic E-state index is 0.0582. The molecule has 0 spiro atoms. The van der Waals surface area contributed by atoms with Gasteiger partial charge in [0, 0.05) is 25.7 Å². The number of carboxylic acid groups (broad SMARTS) is 1. The van der Waals surface area contributed by atoms with E-state index in [1.165, 1.54) is 0 Å². The molecule has 0 saturated carbocycles. The van der Waals surface area contributed by atoms with Crippen LogP contribution in [0.4, 0.5) is 5.82 Å². The van der Waals surface area contributed by atoms with Crippen molar-refractivity contribution in [1.82, 2.24) is 9.78 Å². The second-order valence-corrected chi connectivity index (χ2v) is 4.97. The number of carboxylic acids is 1. The zero-order chi connectivity index (χ0) is 12.6. The van der Waals surface area contributed by atoms with E-state index in [4.69, 9.17) is 0 Å². The first kappa shape index (κ1) is 12.0. The topological polar surface area (TPSA) is 58.4 Å². The average molecular weight is 237 g/mol. The molecule has 1 fully saturated rings. The van der Waals surface area contributed by atoms with Gasteiger partial charge in [0.2, 0.25) is 0 Å². The van der Waals surface area contributed by atoms with Gasteiger partial charge in [0.1, 0.15) is 5.82 Å². The monoisotopic (exact) mass is 237 g/mol. The molecule has 5 nitrogen and oxygen atoms in total. The van der Waals surface area contributed by atoms with Crippen LogP contribution in [0.2, 0.25) is 0 Å². The van der Waals surface area contributed by atoms with Crippen molar-refractivity contribution in [2.24, 2.45) is 18.9 Å². The molecule has 1 aliphatic heterocycles. The summed E-state index contributed by atoms with van der Waals surface area (Å²) in [5.74, 6) is 0.360. The normalized spacial score (nSPS) is 24.6. The number of rotatable bonds is 3. The van der Waals surface area contributed by atoms with E-state index < -0.39 is 5.97 Å². The number of aryl methyl sites for hydroxylation is 1. The minimum atomic E-state index is -0.687. The van der Waals surface area contributed by atoms with Gasteiger partial charge in [-0.2, -0.15) is 5.10 Å². The molecule has 1 N–H and O–H groups in total. The van der Waals surface area contributed by atoms with E-state index >= 15 is 0 Å². The van der Waals surface area contributed by atoms with Gasteiger partial charge in [-0.15, -0.1) is 0 Å². The van der Waals surface area contributed by atoms with Crippen LogP contribution < -0.4 is 4.90 Å². The van der Waals surface area contributed by atoms with Crippen LogP contribution in [0.5, 0.6) is 0 Å². The number of anilines is 1. The highest BCUT2D eigenvalue weighted by molar-refractivity contribution is 5.73. The second-order valence-electron chi connectivity index (χ2n) is 4.97. The molecule has 0 aliphatic carbocycles. The van der Waals surface area contributed by atoms with Gasteiger partial charge in [-0.1, -0.05) is 13.8 Å². The predicted octanol–water partition coefficient (Wildman–Crippen LogP) is 1.36. The van der Waals surface area contributed by atoms with Crippen molar-refractivity contribution in [1.29, 1.82) is 0 Å². The fourth-order valence-corrected chi connectivity index (χ4v) is 2.83. The van der Waals surface area contributed by atoms with Crippen molar-refractivity contribution in [3.63, 3.8) is 0 Å². The first-order valence-corrected chi connectivity index (χ1v) is 6.00. The quantitative estimate of drug-likeness (QED) is 0.862. The molecule has 5 heteroatoms. The Morgan fingerprint density at radius 2 is 2.29 bits per heavy atom. The van der Waals surface area contributed by atoms with Gasteiger partial charge >= 0.3 is 5.97 Å². The Morgan fingerprint density at radius 3 is 2.76 bits per heavy atom. The molecule has 2 heterocycles. The van der Waals surface area contributed by atoms with Gasteiger partial charge in [0.05, 0.1) is 12.1 Å². The lowest BCUT2D eigenvalue weighted by Gasteiger charge is -2.31. The zero-order valence-corrected chi connectivity index (χ0v) is 10.5. The van der Waals surface area contributed by atoms with Gasteiger partial charge in [-0.25, -0.2) is 0 Å². The van der Waals surface area contributed by atoms with Gasteiger partial charge < -0.3 is 10.0 Å². The van der Waals surface area contributed by atoms with E-state index in [0.29, 0.717) is 12.3 Å². The van der Waals surface area contributed by atoms with Crippen LogP contribution in [0, 0.1) is 11.8 Å². The molecular weight excluding hydrogens is 218 g/mol. The molecule has 94 valence electrons. The summed E-state index contributed by atoms with van der Waals surface area (Å²) in [5.41, 5.74) is 0. The fraction of sp³-hybridized carbons (Fsp3) is 0.667. The van der Waals surface area contributed by atoms with Gasteiger partial charge in [-0.05, 0) is 12.3 Å². The zero-order valence-electron chi connectivity index (χ0n) is 10.5. The molecule has 1 aliphatic rings. The van der Waals surface area contributed by atoms with Crippen LogP contribution in [0.3, 0.4) is 0 Å². The van der Waals surface area contributed by atoms with Crippen molar-refractivity contribution in [3.05, 3.63) is 12.3 Å². The molecule has 1 saturated heterocycles. The second kappa shape index (κ2) is 4.39. The number of carbonyl (C=O) groups is 1. The molecule has 0 radical (unpaired) electrons. The minimum Gasteiger partial charge on any atom is -0.481 e. The van der Waals surface area contributed by atoms with Crippen LogP contribution in [-0.2, 0) is 11.8 Å². The number of hydrogen-bond acceptors (Lipinski definition) is 3. The van der Waals surface area contributed by atoms with E-state index in [-0.39, 0.29) is 12.0 Å². The van der Waals surface area contributed by atoms with Crippen LogP contribution in [0.15, 0.2) is 12.3 Å². The fourth-order valence-electron chi connectivity index (χ4n) is 2.83. The van der Waals surface area contributed by atoms with Crippen molar-refractivity contribution in [2.75, 3.05) is 11.4 Å². The van der Waals surface area contributed by atoms with Crippen LogP contribution in [0.1, 0.15) is 20.3 Å². The summed E-state index contributed by atoms with van der Waals surface area (Å²) in [5, 5.41) is 13.4. The first-order chi connectivity index (χ1) is 8.02. The van der Waals surface area contributed by atoms with Crippen LogP contribution in [-0.4, -0.2) is 33.4 Å². The Bertz CT molecular complexity index is 414. The van der Waals surface area contributed by atoms with Crippen molar-refractivity contribution in [3.8, 4) is 0 Å². The summed E-state index contributed by atoms with van der Waals surface area (Å²) < 4.78 is 1.81. The van der Waals surface area contributed by atoms with Crippen molar-refractivity contribution >= 4 is 11.8 Å². The lowest BCUT2D eigenvalue weighted by atomic mass is 9.91. The van der Waals surface area contributed by atoms with Crippen LogP contribution in [0.25, 0.3) is 0 Å². The molecule has 0 unspecified atom stereocenters. The molecule has 1 aromatic rings. The highest BCUT2D eigenvalue weighted by atomic mass is 16.4. The van der Waals surface area contributed by atoms with E-state index in [1.54, 1.807) is 10.9 Å². The van der Waals surface area contributed by atoms with E-state index in [2.05, 4.69) is 23.8 Å². The number of nitrogens with zero attached hydrogens (tertiary/aromatic N) is 3. The lowest BCUT2D eigenvalue weighted by molar-refractivity contribution is -0.142. The number of aliphatic carboxylic acids is 1. The highest BCUT2D eigenvalue weighted by Gasteiger charge is 2.41. The third-order valence-corrected chi connectivity index (χ3v) is 3.54. The molecule has 0 amide bonds. The molecule has 2 rings (SSSR count). The van der Waals surface area contributed by atoms with Gasteiger partial charge in [0.15, 0.2) is 0 Å². The van der Waals surface area contributed by atoms with Crippen molar-refractivity contribution in [2.45, 2.75) is 26.3 Å². The molecule has 0 aromatic carbocycles. The highest BCUT2D eigenvalue weighted by Crippen LogP contribution is 2.33. The molecular formula is C12H19N3O2. The Kier molecular flexibility index (Phi) is 3.09. The summed E-state index contributed by atoms with van der Waals surface area (Å²) in [6.45, 7) is 4.95. The summed E-state index contributed by atoms with van der Waals surface area (Å²) in [4.78, 5) is 13.4. The van der Waals surface area contributed by atoms with Crippen LogP contribution >= 0.6 is 0 Å². The molecule has 17 heavy (non-hydrogen) atoms. The molecule has 0 bridgehead atoms. The standard InChI is InChI=1S/C12H19N3O2/c1-8(2)11-9(12(16)17)5-7-15(11)10-4-6-13-14(10)3/h4,6,8-9,11H,5,7H2,1-3H3,(H,16,17)/t9-,11+/m0/s1. The summed E-state index contributed by atoms with van der Waals surface area (Å²) in [6, 6.07) is 2.00. The smallest absolute Gasteiger partial charge is 0.308 e. The van der Waals surface area contributed by atoms with E-state index in [1.807, 2.05) is 13.1 Å². The number of hydrogen-bond donors (Lipinski definition) is 1. The molecule has 1 aromatic heterocycles. The lowest BCUT2D eigenvalue weighted by Crippen LogP contribution is -2.40. The maximum absolute atomic E-state index is 11.3. The maximum Gasteiger partial charge on any atom is 0.308 e. The summed E-state index contributed by atoms with van der Waals surface area (Å²) >= 11 is 0. The van der Waals surface area contributed by atoms with E-state index in [0.717, 1.165) is 12.4 Å². The van der Waals surface area contributed by atoms with E-state index in [9.17, 15) is 9.90 Å². The first-order valence-electron chi connectivity index (χ1n) is 6.00. The largest absolute Gasteiger partial charge is 0.481 e. The summed E-state index contributed by atoms with van der Waals surface area (Å²) in [7, 11) is 1.89. The SMILES string of the molecule is CC(C)[C@@H]1[C@@H](C(=O)O)CCN1c1ccnn1C.